The first kappa shape index (κ1) is 23.7. The average Bonchev–Trinajstić information content (AvgIpc) is 2.67. The SMILES string of the molecule is CC(C)Oc1ccc(Cl)cc1/C=N/NC(=O)C(NC(=O)c1ccccc1Cl)C(C)C. The van der Waals surface area contributed by atoms with Crippen molar-refractivity contribution in [3.63, 3.8) is 0 Å². The average molecular weight is 450 g/mol. The van der Waals surface area contributed by atoms with E-state index in [0.717, 1.165) is 0 Å². The summed E-state index contributed by atoms with van der Waals surface area (Å²) in [5, 5.41) is 7.56. The molecule has 0 aliphatic heterocycles. The first-order valence-electron chi connectivity index (χ1n) is 9.53. The highest BCUT2D eigenvalue weighted by Gasteiger charge is 2.25. The van der Waals surface area contributed by atoms with E-state index in [0.29, 0.717) is 26.9 Å². The molecule has 8 heteroatoms. The monoisotopic (exact) mass is 449 g/mol. The van der Waals surface area contributed by atoms with E-state index >= 15 is 0 Å². The van der Waals surface area contributed by atoms with Crippen LogP contribution in [-0.2, 0) is 4.79 Å². The van der Waals surface area contributed by atoms with Crippen molar-refractivity contribution in [2.75, 3.05) is 0 Å². The number of halogens is 2. The summed E-state index contributed by atoms with van der Waals surface area (Å²) >= 11 is 12.1. The molecule has 160 valence electrons. The van der Waals surface area contributed by atoms with Crippen LogP contribution in [0.3, 0.4) is 0 Å². The van der Waals surface area contributed by atoms with Crippen LogP contribution in [0, 0.1) is 5.92 Å². The highest BCUT2D eigenvalue weighted by atomic mass is 35.5. The molecule has 0 heterocycles. The Morgan fingerprint density at radius 2 is 1.77 bits per heavy atom. The quantitative estimate of drug-likeness (QED) is 0.453. The maximum atomic E-state index is 12.6. The third-order valence-electron chi connectivity index (χ3n) is 4.07. The van der Waals surface area contributed by atoms with Gasteiger partial charge in [0.2, 0.25) is 0 Å². The molecular formula is C22H25Cl2N3O3. The number of nitrogens with one attached hydrogen (secondary N) is 2. The number of benzene rings is 2. The molecule has 1 unspecified atom stereocenters. The Morgan fingerprint density at radius 3 is 2.40 bits per heavy atom. The van der Waals surface area contributed by atoms with Crippen LogP contribution in [0.15, 0.2) is 47.6 Å². The minimum Gasteiger partial charge on any atom is -0.490 e. The van der Waals surface area contributed by atoms with Crippen LogP contribution >= 0.6 is 23.2 Å². The van der Waals surface area contributed by atoms with E-state index in [4.69, 9.17) is 27.9 Å². The predicted octanol–water partition coefficient (Wildman–Crippen LogP) is 4.69. The van der Waals surface area contributed by atoms with Gasteiger partial charge in [0.05, 0.1) is 22.9 Å². The predicted molar refractivity (Wildman–Crippen MR) is 120 cm³/mol. The minimum absolute atomic E-state index is 0.0294. The van der Waals surface area contributed by atoms with Gasteiger partial charge in [-0.1, -0.05) is 49.2 Å². The van der Waals surface area contributed by atoms with Crippen LogP contribution in [0.1, 0.15) is 43.6 Å². The van der Waals surface area contributed by atoms with Crippen molar-refractivity contribution < 1.29 is 14.3 Å². The van der Waals surface area contributed by atoms with Crippen LogP contribution in [0.4, 0.5) is 0 Å². The fourth-order valence-corrected chi connectivity index (χ4v) is 3.02. The summed E-state index contributed by atoms with van der Waals surface area (Å²) in [6.07, 6.45) is 1.42. The zero-order valence-electron chi connectivity index (χ0n) is 17.3. The van der Waals surface area contributed by atoms with E-state index in [-0.39, 0.29) is 12.0 Å². The molecule has 0 saturated heterocycles. The van der Waals surface area contributed by atoms with Crippen molar-refractivity contribution >= 4 is 41.2 Å². The third kappa shape index (κ3) is 6.75. The third-order valence-corrected chi connectivity index (χ3v) is 4.63. The Kier molecular flexibility index (Phi) is 8.69. The van der Waals surface area contributed by atoms with Crippen molar-refractivity contribution in [3.8, 4) is 5.75 Å². The Balaban J connectivity index is 2.10. The Morgan fingerprint density at radius 1 is 1.07 bits per heavy atom. The Labute approximate surface area is 186 Å². The van der Waals surface area contributed by atoms with Crippen LogP contribution in [0.25, 0.3) is 0 Å². The summed E-state index contributed by atoms with van der Waals surface area (Å²) in [7, 11) is 0. The van der Waals surface area contributed by atoms with Crippen molar-refractivity contribution in [1.29, 1.82) is 0 Å². The summed E-state index contributed by atoms with van der Waals surface area (Å²) in [6.45, 7) is 7.47. The standard InChI is InChI=1S/C22H25Cl2N3O3/c1-13(2)20(26-21(28)17-7-5-6-8-18(17)24)22(29)27-25-12-15-11-16(23)9-10-19(15)30-14(3)4/h5-14,20H,1-4H3,(H,26,28)(H,27,29)/b25-12+. The van der Waals surface area contributed by atoms with E-state index < -0.39 is 17.9 Å². The lowest BCUT2D eigenvalue weighted by molar-refractivity contribution is -0.123. The molecule has 2 N–H and O–H groups in total. The number of carbonyl (C=O) groups excluding carboxylic acids is 2. The second kappa shape index (κ2) is 11.0. The van der Waals surface area contributed by atoms with E-state index in [1.807, 2.05) is 27.7 Å². The summed E-state index contributed by atoms with van der Waals surface area (Å²) in [4.78, 5) is 25.1. The van der Waals surface area contributed by atoms with Crippen molar-refractivity contribution in [2.24, 2.45) is 11.0 Å². The smallest absolute Gasteiger partial charge is 0.262 e. The molecule has 0 bridgehead atoms. The van der Waals surface area contributed by atoms with E-state index in [2.05, 4.69) is 15.8 Å². The summed E-state index contributed by atoms with van der Waals surface area (Å²) in [5.74, 6) is -0.451. The number of ether oxygens (including phenoxy) is 1. The minimum atomic E-state index is -0.795. The number of hydrazone groups is 1. The lowest BCUT2D eigenvalue weighted by Crippen LogP contribution is -2.48. The van der Waals surface area contributed by atoms with Crippen LogP contribution in [0.5, 0.6) is 5.75 Å². The van der Waals surface area contributed by atoms with E-state index in [1.54, 1.807) is 42.5 Å². The van der Waals surface area contributed by atoms with Crippen molar-refractivity contribution in [2.45, 2.75) is 39.8 Å². The number of hydrogen-bond donors (Lipinski definition) is 2. The zero-order valence-corrected chi connectivity index (χ0v) is 18.8. The summed E-state index contributed by atoms with van der Waals surface area (Å²) < 4.78 is 5.72. The molecule has 2 rings (SSSR count). The highest BCUT2D eigenvalue weighted by Crippen LogP contribution is 2.22. The molecule has 30 heavy (non-hydrogen) atoms. The molecule has 0 aliphatic carbocycles. The van der Waals surface area contributed by atoms with Gasteiger partial charge in [0.25, 0.3) is 11.8 Å². The van der Waals surface area contributed by atoms with E-state index in [1.165, 1.54) is 6.21 Å². The largest absolute Gasteiger partial charge is 0.490 e. The number of hydrogen-bond acceptors (Lipinski definition) is 4. The molecule has 0 radical (unpaired) electrons. The second-order valence-corrected chi connectivity index (χ2v) is 8.10. The molecule has 0 aliphatic rings. The molecule has 2 aromatic carbocycles. The van der Waals surface area contributed by atoms with Gasteiger partial charge in [0, 0.05) is 10.6 Å². The number of carbonyl (C=O) groups is 2. The summed E-state index contributed by atoms with van der Waals surface area (Å²) in [5.41, 5.74) is 3.39. The van der Waals surface area contributed by atoms with Crippen molar-refractivity contribution in [1.82, 2.24) is 10.7 Å². The highest BCUT2D eigenvalue weighted by molar-refractivity contribution is 6.33. The van der Waals surface area contributed by atoms with Gasteiger partial charge in [-0.3, -0.25) is 9.59 Å². The zero-order chi connectivity index (χ0) is 22.3. The van der Waals surface area contributed by atoms with Crippen LogP contribution in [0.2, 0.25) is 10.0 Å². The maximum absolute atomic E-state index is 12.6. The lowest BCUT2D eigenvalue weighted by Gasteiger charge is -2.20. The molecule has 0 fully saturated rings. The Bertz CT molecular complexity index is 930. The normalized spacial score (nSPS) is 12.3. The number of amides is 2. The fourth-order valence-electron chi connectivity index (χ4n) is 2.62. The van der Waals surface area contributed by atoms with Crippen LogP contribution in [-0.4, -0.2) is 30.2 Å². The van der Waals surface area contributed by atoms with Gasteiger partial charge in [-0.25, -0.2) is 5.43 Å². The van der Waals surface area contributed by atoms with Gasteiger partial charge < -0.3 is 10.1 Å². The molecule has 0 spiro atoms. The van der Waals surface area contributed by atoms with Crippen LogP contribution < -0.4 is 15.5 Å². The van der Waals surface area contributed by atoms with Gasteiger partial charge in [0.15, 0.2) is 0 Å². The van der Waals surface area contributed by atoms with Gasteiger partial charge >= 0.3 is 0 Å². The molecule has 0 saturated carbocycles. The lowest BCUT2D eigenvalue weighted by atomic mass is 10.0. The first-order valence-corrected chi connectivity index (χ1v) is 10.3. The molecular weight excluding hydrogens is 425 g/mol. The van der Waals surface area contributed by atoms with Gasteiger partial charge in [-0.15, -0.1) is 0 Å². The van der Waals surface area contributed by atoms with Gasteiger partial charge in [0.1, 0.15) is 11.8 Å². The molecule has 2 amide bonds. The maximum Gasteiger partial charge on any atom is 0.262 e. The Hall–Kier alpha value is -2.57. The fraction of sp³-hybridized carbons (Fsp3) is 0.318. The molecule has 1 atom stereocenters. The topological polar surface area (TPSA) is 79.8 Å². The van der Waals surface area contributed by atoms with Gasteiger partial charge in [-0.2, -0.15) is 5.10 Å². The summed E-state index contributed by atoms with van der Waals surface area (Å²) in [6, 6.07) is 11.0. The molecule has 6 nitrogen and oxygen atoms in total. The molecule has 0 aromatic heterocycles. The number of rotatable bonds is 8. The number of nitrogens with zero attached hydrogens (tertiary/aromatic N) is 1. The van der Waals surface area contributed by atoms with E-state index in [9.17, 15) is 9.59 Å². The molecule has 2 aromatic rings. The second-order valence-electron chi connectivity index (χ2n) is 7.26. The van der Waals surface area contributed by atoms with Gasteiger partial charge in [-0.05, 0) is 50.1 Å². The van der Waals surface area contributed by atoms with Crippen molar-refractivity contribution in [3.05, 3.63) is 63.6 Å². The first-order chi connectivity index (χ1) is 14.2.